The van der Waals surface area contributed by atoms with Crippen LogP contribution in [-0.2, 0) is 17.8 Å². The highest BCUT2D eigenvalue weighted by molar-refractivity contribution is 5.92. The molecule has 1 unspecified atom stereocenters. The Hall–Kier alpha value is -2.37. The Morgan fingerprint density at radius 3 is 3.04 bits per heavy atom. The number of fused-ring (bicyclic) bond motifs is 2. The van der Waals surface area contributed by atoms with Crippen LogP contribution in [0.1, 0.15) is 29.2 Å². The number of benzene rings is 2. The standard InChI is InChI=1S/C18H18N3O2/c19-17(22)21-16-8-4-2-6-13(16)11-23-18(21)20-15-10-9-12-5-1-3-7-14(12)15/h1-5,7-8,15,18,20H,9-11H2,(H2,19,22)/t15-,18?/m1/s1. The van der Waals surface area contributed by atoms with Crippen LogP contribution in [0.25, 0.3) is 0 Å². The normalized spacial score (nSPS) is 22.5. The van der Waals surface area contributed by atoms with Gasteiger partial charge in [0.1, 0.15) is 0 Å². The van der Waals surface area contributed by atoms with Gasteiger partial charge in [0.2, 0.25) is 0 Å². The average Bonchev–Trinajstić information content (AvgIpc) is 2.97. The molecule has 0 aromatic heterocycles. The minimum atomic E-state index is -0.563. The molecule has 2 aromatic rings. The third kappa shape index (κ3) is 2.48. The highest BCUT2D eigenvalue weighted by Crippen LogP contribution is 2.34. The van der Waals surface area contributed by atoms with Gasteiger partial charge in [0, 0.05) is 11.6 Å². The predicted octanol–water partition coefficient (Wildman–Crippen LogP) is 2.46. The van der Waals surface area contributed by atoms with Gasteiger partial charge < -0.3 is 10.5 Å². The van der Waals surface area contributed by atoms with Crippen molar-refractivity contribution >= 4 is 11.7 Å². The van der Waals surface area contributed by atoms with E-state index in [9.17, 15) is 4.79 Å². The predicted molar refractivity (Wildman–Crippen MR) is 86.6 cm³/mol. The number of amides is 2. The van der Waals surface area contributed by atoms with Gasteiger partial charge in [-0.3, -0.25) is 10.2 Å². The van der Waals surface area contributed by atoms with E-state index in [0.717, 1.165) is 24.1 Å². The molecular formula is C18H18N3O2. The van der Waals surface area contributed by atoms with E-state index in [1.54, 1.807) is 0 Å². The van der Waals surface area contributed by atoms with Crippen molar-refractivity contribution < 1.29 is 9.53 Å². The monoisotopic (exact) mass is 308 g/mol. The van der Waals surface area contributed by atoms with Crippen LogP contribution in [-0.4, -0.2) is 12.4 Å². The zero-order chi connectivity index (χ0) is 15.8. The van der Waals surface area contributed by atoms with Crippen molar-refractivity contribution in [2.24, 2.45) is 5.73 Å². The van der Waals surface area contributed by atoms with Gasteiger partial charge in [-0.2, -0.15) is 0 Å². The first-order valence-electron chi connectivity index (χ1n) is 7.78. The average molecular weight is 308 g/mol. The van der Waals surface area contributed by atoms with Crippen molar-refractivity contribution in [3.05, 3.63) is 65.2 Å². The van der Waals surface area contributed by atoms with Gasteiger partial charge in [-0.25, -0.2) is 4.79 Å². The number of nitrogens with two attached hydrogens (primary N) is 1. The molecule has 2 aromatic carbocycles. The highest BCUT2D eigenvalue weighted by atomic mass is 16.5. The van der Waals surface area contributed by atoms with E-state index in [1.165, 1.54) is 16.0 Å². The van der Waals surface area contributed by atoms with E-state index >= 15 is 0 Å². The number of nitrogens with zero attached hydrogens (tertiary/aromatic N) is 1. The molecule has 2 aliphatic rings. The van der Waals surface area contributed by atoms with E-state index in [1.807, 2.05) is 24.3 Å². The van der Waals surface area contributed by atoms with Crippen molar-refractivity contribution in [2.75, 3.05) is 4.90 Å². The summed E-state index contributed by atoms with van der Waals surface area (Å²) in [7, 11) is 0. The Bertz CT molecular complexity index is 747. The van der Waals surface area contributed by atoms with Gasteiger partial charge in [0.05, 0.1) is 12.3 Å². The van der Waals surface area contributed by atoms with Gasteiger partial charge in [0.25, 0.3) is 0 Å². The summed E-state index contributed by atoms with van der Waals surface area (Å²) >= 11 is 0. The molecule has 0 saturated carbocycles. The molecule has 2 amide bonds. The van der Waals surface area contributed by atoms with Gasteiger partial charge in [-0.1, -0.05) is 36.4 Å². The summed E-state index contributed by atoms with van der Waals surface area (Å²) in [5, 5.41) is 3.44. The third-order valence-electron chi connectivity index (χ3n) is 4.51. The van der Waals surface area contributed by atoms with Crippen molar-refractivity contribution in [3.8, 4) is 0 Å². The Balaban J connectivity index is 1.61. The number of carbonyl (C=O) groups is 1. The van der Waals surface area contributed by atoms with Crippen LogP contribution in [0.5, 0.6) is 0 Å². The number of anilines is 1. The number of carbonyl (C=O) groups excluding carboxylic acids is 1. The molecule has 5 heteroatoms. The van der Waals surface area contributed by atoms with Gasteiger partial charge in [-0.05, 0) is 36.1 Å². The number of hydrogen-bond acceptors (Lipinski definition) is 3. The number of ether oxygens (including phenoxy) is 1. The van der Waals surface area contributed by atoms with Gasteiger partial charge in [0.15, 0.2) is 6.35 Å². The summed E-state index contributed by atoms with van der Waals surface area (Å²) in [4.78, 5) is 13.4. The highest BCUT2D eigenvalue weighted by Gasteiger charge is 2.34. The fourth-order valence-electron chi connectivity index (χ4n) is 3.43. The molecule has 0 saturated heterocycles. The van der Waals surface area contributed by atoms with Crippen LogP contribution >= 0.6 is 0 Å². The first-order chi connectivity index (χ1) is 11.2. The zero-order valence-corrected chi connectivity index (χ0v) is 12.7. The number of urea groups is 1. The van der Waals surface area contributed by atoms with Gasteiger partial charge in [-0.15, -0.1) is 0 Å². The molecule has 5 nitrogen and oxygen atoms in total. The lowest BCUT2D eigenvalue weighted by Gasteiger charge is -2.37. The molecule has 117 valence electrons. The van der Waals surface area contributed by atoms with E-state index in [2.05, 4.69) is 29.6 Å². The summed E-state index contributed by atoms with van der Waals surface area (Å²) in [5.41, 5.74) is 9.81. The van der Waals surface area contributed by atoms with Crippen LogP contribution < -0.4 is 16.0 Å². The van der Waals surface area contributed by atoms with E-state index in [-0.39, 0.29) is 6.04 Å². The number of primary amides is 1. The van der Waals surface area contributed by atoms with Gasteiger partial charge >= 0.3 is 6.03 Å². The minimum Gasteiger partial charge on any atom is -0.351 e. The van der Waals surface area contributed by atoms with Crippen molar-refractivity contribution in [3.63, 3.8) is 0 Å². The van der Waals surface area contributed by atoms with Crippen molar-refractivity contribution in [2.45, 2.75) is 31.8 Å². The van der Waals surface area contributed by atoms with Crippen molar-refractivity contribution in [1.82, 2.24) is 5.32 Å². The molecule has 1 radical (unpaired) electrons. The second-order valence-corrected chi connectivity index (χ2v) is 5.86. The lowest BCUT2D eigenvalue weighted by molar-refractivity contribution is 0.00402. The summed E-state index contributed by atoms with van der Waals surface area (Å²) in [6.07, 6.45) is 1.45. The summed E-state index contributed by atoms with van der Waals surface area (Å²) in [6.45, 7) is 0.409. The third-order valence-corrected chi connectivity index (χ3v) is 4.51. The van der Waals surface area contributed by atoms with Crippen LogP contribution in [0.15, 0.2) is 42.5 Å². The minimum absolute atomic E-state index is 0.160. The lowest BCUT2D eigenvalue weighted by Crippen LogP contribution is -2.55. The molecule has 3 N–H and O–H groups in total. The molecule has 0 fully saturated rings. The largest absolute Gasteiger partial charge is 0.351 e. The van der Waals surface area contributed by atoms with Crippen LogP contribution in [0.3, 0.4) is 0 Å². The SMILES string of the molecule is NC(=O)N1c2ccc[c]c2COC1N[C@@H]1CCc2ccccc21. The van der Waals surface area contributed by atoms with Crippen LogP contribution in [0.2, 0.25) is 0 Å². The first-order valence-corrected chi connectivity index (χ1v) is 7.78. The number of nitrogens with one attached hydrogen (secondary N) is 1. The van der Waals surface area contributed by atoms with E-state index in [0.29, 0.717) is 6.61 Å². The summed E-state index contributed by atoms with van der Waals surface area (Å²) in [5.74, 6) is 0. The maximum absolute atomic E-state index is 12.0. The second kappa shape index (κ2) is 5.68. The Kier molecular flexibility index (Phi) is 3.52. The topological polar surface area (TPSA) is 67.6 Å². The molecule has 1 heterocycles. The smallest absolute Gasteiger partial charge is 0.322 e. The molecule has 0 spiro atoms. The number of hydrogen-bond donors (Lipinski definition) is 2. The maximum Gasteiger partial charge on any atom is 0.322 e. The van der Waals surface area contributed by atoms with E-state index < -0.39 is 12.4 Å². The van der Waals surface area contributed by atoms with Crippen LogP contribution in [0.4, 0.5) is 10.5 Å². The molecular weight excluding hydrogens is 290 g/mol. The fraction of sp³-hybridized carbons (Fsp3) is 0.278. The lowest BCUT2D eigenvalue weighted by atomic mass is 10.1. The Morgan fingerprint density at radius 2 is 2.17 bits per heavy atom. The second-order valence-electron chi connectivity index (χ2n) is 5.86. The summed E-state index contributed by atoms with van der Waals surface area (Å²) < 4.78 is 5.84. The number of rotatable bonds is 2. The van der Waals surface area contributed by atoms with Crippen LogP contribution in [0, 0.1) is 6.07 Å². The fourth-order valence-corrected chi connectivity index (χ4v) is 3.43. The Morgan fingerprint density at radius 1 is 1.30 bits per heavy atom. The molecule has 0 bridgehead atoms. The summed E-state index contributed by atoms with van der Waals surface area (Å²) in [6, 6.07) is 16.6. The Labute approximate surface area is 135 Å². The number of aryl methyl sites for hydroxylation is 1. The molecule has 1 aliphatic carbocycles. The molecule has 4 rings (SSSR count). The van der Waals surface area contributed by atoms with E-state index in [4.69, 9.17) is 10.5 Å². The quantitative estimate of drug-likeness (QED) is 0.895. The first kappa shape index (κ1) is 14.2. The molecule has 23 heavy (non-hydrogen) atoms. The zero-order valence-electron chi connectivity index (χ0n) is 12.7. The molecule has 2 atom stereocenters. The molecule has 1 aliphatic heterocycles. The van der Waals surface area contributed by atoms with Crippen molar-refractivity contribution in [1.29, 1.82) is 0 Å². The maximum atomic E-state index is 12.0.